The van der Waals surface area contributed by atoms with Crippen LogP contribution < -0.4 is 4.72 Å². The van der Waals surface area contributed by atoms with E-state index in [0.717, 1.165) is 11.8 Å². The van der Waals surface area contributed by atoms with Gasteiger partial charge in [-0.25, -0.2) is 21.6 Å². The summed E-state index contributed by atoms with van der Waals surface area (Å²) in [5.74, 6) is 0.0127. The van der Waals surface area contributed by atoms with Crippen LogP contribution in [0.4, 0.5) is 0 Å². The SMILES string of the molecule is CCS(=O)(=O)N[C@@H](C)c1ccc(S(C)(=O)=O)cc1. The number of hydrogen-bond donors (Lipinski definition) is 1. The Hall–Kier alpha value is -0.920. The van der Waals surface area contributed by atoms with Gasteiger partial charge in [0, 0.05) is 12.3 Å². The molecule has 0 bridgehead atoms. The van der Waals surface area contributed by atoms with E-state index in [1.165, 1.54) is 12.1 Å². The van der Waals surface area contributed by atoms with E-state index >= 15 is 0 Å². The molecule has 0 saturated heterocycles. The van der Waals surface area contributed by atoms with Gasteiger partial charge < -0.3 is 0 Å². The van der Waals surface area contributed by atoms with Crippen molar-refractivity contribution in [1.29, 1.82) is 0 Å². The molecule has 0 spiro atoms. The van der Waals surface area contributed by atoms with E-state index in [1.807, 2.05) is 0 Å². The van der Waals surface area contributed by atoms with E-state index in [1.54, 1.807) is 26.0 Å². The molecule has 0 radical (unpaired) electrons. The number of hydrogen-bond acceptors (Lipinski definition) is 4. The van der Waals surface area contributed by atoms with Gasteiger partial charge in [-0.1, -0.05) is 12.1 Å². The quantitative estimate of drug-likeness (QED) is 0.880. The van der Waals surface area contributed by atoms with Crippen molar-refractivity contribution in [2.75, 3.05) is 12.0 Å². The molecule has 0 aliphatic carbocycles. The molecule has 0 unspecified atom stereocenters. The Bertz CT molecular complexity index is 603. The normalized spacial score (nSPS) is 14.4. The zero-order valence-corrected chi connectivity index (χ0v) is 12.2. The molecule has 0 aliphatic heterocycles. The van der Waals surface area contributed by atoms with Crippen LogP contribution in [0.1, 0.15) is 25.5 Å². The van der Waals surface area contributed by atoms with Gasteiger partial charge >= 0.3 is 0 Å². The lowest BCUT2D eigenvalue weighted by Gasteiger charge is -2.14. The predicted molar refractivity (Wildman–Crippen MR) is 70.6 cm³/mol. The van der Waals surface area contributed by atoms with E-state index in [-0.39, 0.29) is 16.7 Å². The largest absolute Gasteiger partial charge is 0.224 e. The number of sulfone groups is 1. The van der Waals surface area contributed by atoms with E-state index in [4.69, 9.17) is 0 Å². The van der Waals surface area contributed by atoms with Crippen LogP contribution in [-0.4, -0.2) is 28.8 Å². The standard InChI is InChI=1S/C11H17NO4S2/c1-4-18(15,16)12-9(2)10-5-7-11(8-6-10)17(3,13)14/h5-9,12H,4H2,1-3H3/t9-/m0/s1. The fourth-order valence-corrected chi connectivity index (χ4v) is 2.90. The van der Waals surface area contributed by atoms with Gasteiger partial charge in [0.1, 0.15) is 0 Å². The van der Waals surface area contributed by atoms with E-state index < -0.39 is 19.9 Å². The summed E-state index contributed by atoms with van der Waals surface area (Å²) in [6.07, 6.45) is 1.13. The van der Waals surface area contributed by atoms with Crippen LogP contribution in [0, 0.1) is 0 Å². The van der Waals surface area contributed by atoms with Crippen LogP contribution in [0.5, 0.6) is 0 Å². The minimum atomic E-state index is -3.27. The maximum Gasteiger partial charge on any atom is 0.211 e. The van der Waals surface area contributed by atoms with Crippen LogP contribution in [0.25, 0.3) is 0 Å². The topological polar surface area (TPSA) is 80.3 Å². The number of nitrogens with one attached hydrogen (secondary N) is 1. The van der Waals surface area contributed by atoms with Gasteiger partial charge in [-0.3, -0.25) is 0 Å². The Kier molecular flexibility index (Phi) is 4.52. The van der Waals surface area contributed by atoms with E-state index in [0.29, 0.717) is 0 Å². The summed E-state index contributed by atoms with van der Waals surface area (Å²) in [5.41, 5.74) is 0.722. The molecule has 1 atom stereocenters. The number of benzene rings is 1. The molecule has 0 fully saturated rings. The van der Waals surface area contributed by atoms with Crippen molar-refractivity contribution in [2.24, 2.45) is 0 Å². The summed E-state index contributed by atoms with van der Waals surface area (Å²) >= 11 is 0. The zero-order chi connectivity index (χ0) is 14.0. The summed E-state index contributed by atoms with van der Waals surface area (Å²) in [7, 11) is -6.50. The minimum Gasteiger partial charge on any atom is -0.224 e. The van der Waals surface area contributed by atoms with Crippen molar-refractivity contribution in [3.8, 4) is 0 Å². The average Bonchev–Trinajstić information content (AvgIpc) is 2.27. The van der Waals surface area contributed by atoms with Crippen LogP contribution in [0.15, 0.2) is 29.2 Å². The molecule has 0 heterocycles. The van der Waals surface area contributed by atoms with Crippen molar-refractivity contribution in [2.45, 2.75) is 24.8 Å². The fourth-order valence-electron chi connectivity index (χ4n) is 1.42. The first kappa shape index (κ1) is 15.1. The molecule has 0 aliphatic rings. The summed E-state index contributed by atoms with van der Waals surface area (Å²) in [6.45, 7) is 3.27. The van der Waals surface area contributed by atoms with E-state index in [9.17, 15) is 16.8 Å². The second-order valence-electron chi connectivity index (χ2n) is 4.08. The molecule has 1 aromatic carbocycles. The van der Waals surface area contributed by atoms with Crippen LogP contribution >= 0.6 is 0 Å². The number of rotatable bonds is 5. The van der Waals surface area contributed by atoms with Crippen LogP contribution in [0.3, 0.4) is 0 Å². The smallest absolute Gasteiger partial charge is 0.211 e. The molecule has 1 rings (SSSR count). The molecular formula is C11H17NO4S2. The Labute approximate surface area is 108 Å². The second-order valence-corrected chi connectivity index (χ2v) is 8.14. The number of sulfonamides is 1. The van der Waals surface area contributed by atoms with Crippen LogP contribution in [-0.2, 0) is 19.9 Å². The van der Waals surface area contributed by atoms with Gasteiger partial charge in [-0.05, 0) is 31.5 Å². The van der Waals surface area contributed by atoms with Crippen LogP contribution in [0.2, 0.25) is 0 Å². The molecule has 0 aromatic heterocycles. The zero-order valence-electron chi connectivity index (χ0n) is 10.5. The third-order valence-corrected chi connectivity index (χ3v) is 5.15. The van der Waals surface area contributed by atoms with Gasteiger partial charge in [-0.15, -0.1) is 0 Å². The Balaban J connectivity index is 2.93. The minimum absolute atomic E-state index is 0.0127. The Morgan fingerprint density at radius 3 is 2.00 bits per heavy atom. The maximum atomic E-state index is 11.4. The third-order valence-electron chi connectivity index (χ3n) is 2.54. The Morgan fingerprint density at radius 1 is 1.11 bits per heavy atom. The highest BCUT2D eigenvalue weighted by Gasteiger charge is 2.14. The predicted octanol–water partition coefficient (Wildman–Crippen LogP) is 1.09. The molecule has 0 saturated carbocycles. The lowest BCUT2D eigenvalue weighted by atomic mass is 10.1. The average molecular weight is 291 g/mol. The molecule has 5 nitrogen and oxygen atoms in total. The summed E-state index contributed by atoms with van der Waals surface area (Å²) in [6, 6.07) is 5.78. The molecule has 18 heavy (non-hydrogen) atoms. The van der Waals surface area contributed by atoms with E-state index in [2.05, 4.69) is 4.72 Å². The summed E-state index contributed by atoms with van der Waals surface area (Å²) < 4.78 is 47.9. The van der Waals surface area contributed by atoms with Crippen molar-refractivity contribution < 1.29 is 16.8 Å². The lowest BCUT2D eigenvalue weighted by Crippen LogP contribution is -2.28. The van der Waals surface area contributed by atoms with Gasteiger partial charge in [-0.2, -0.15) is 0 Å². The highest BCUT2D eigenvalue weighted by Crippen LogP contribution is 2.16. The Morgan fingerprint density at radius 2 is 1.61 bits per heavy atom. The van der Waals surface area contributed by atoms with Crippen molar-refractivity contribution >= 4 is 19.9 Å². The maximum absolute atomic E-state index is 11.4. The first-order valence-electron chi connectivity index (χ1n) is 5.46. The van der Waals surface area contributed by atoms with Crippen molar-refractivity contribution in [3.05, 3.63) is 29.8 Å². The van der Waals surface area contributed by atoms with Crippen molar-refractivity contribution in [3.63, 3.8) is 0 Å². The summed E-state index contributed by atoms with van der Waals surface area (Å²) in [4.78, 5) is 0.219. The molecule has 7 heteroatoms. The first-order chi connectivity index (χ1) is 8.15. The fraction of sp³-hybridized carbons (Fsp3) is 0.455. The molecule has 0 amide bonds. The highest BCUT2D eigenvalue weighted by molar-refractivity contribution is 7.90. The van der Waals surface area contributed by atoms with Gasteiger partial charge in [0.05, 0.1) is 10.6 Å². The molecule has 102 valence electrons. The second kappa shape index (κ2) is 5.38. The molecular weight excluding hydrogens is 274 g/mol. The summed E-state index contributed by atoms with van der Waals surface area (Å²) in [5, 5.41) is 0. The van der Waals surface area contributed by atoms with Gasteiger partial charge in [0.15, 0.2) is 9.84 Å². The molecule has 1 aromatic rings. The first-order valence-corrected chi connectivity index (χ1v) is 9.00. The lowest BCUT2D eigenvalue weighted by molar-refractivity contribution is 0.568. The van der Waals surface area contributed by atoms with Gasteiger partial charge in [0.2, 0.25) is 10.0 Å². The van der Waals surface area contributed by atoms with Gasteiger partial charge in [0.25, 0.3) is 0 Å². The van der Waals surface area contributed by atoms with Crippen molar-refractivity contribution in [1.82, 2.24) is 4.72 Å². The molecule has 1 N–H and O–H groups in total. The third kappa shape index (κ3) is 4.08. The highest BCUT2D eigenvalue weighted by atomic mass is 32.2. The monoisotopic (exact) mass is 291 g/mol.